The van der Waals surface area contributed by atoms with E-state index in [4.69, 9.17) is 23.2 Å². The van der Waals surface area contributed by atoms with Crippen molar-refractivity contribution in [3.63, 3.8) is 0 Å². The first-order chi connectivity index (χ1) is 12.8. The van der Waals surface area contributed by atoms with Gasteiger partial charge in [-0.2, -0.15) is 4.31 Å². The molecular formula is C18H25Cl2N3O3S. The largest absolute Gasteiger partial charge is 0.339 e. The molecule has 9 heteroatoms. The number of nitrogens with zero attached hydrogens (tertiary/aromatic N) is 3. The van der Waals surface area contributed by atoms with E-state index in [2.05, 4.69) is 11.8 Å². The van der Waals surface area contributed by atoms with E-state index < -0.39 is 10.0 Å². The maximum Gasteiger partial charge on any atom is 0.244 e. The Hall–Kier alpha value is -0.860. The Morgan fingerprint density at radius 2 is 1.70 bits per heavy atom. The maximum atomic E-state index is 12.9. The van der Waals surface area contributed by atoms with Crippen LogP contribution in [-0.4, -0.2) is 74.2 Å². The van der Waals surface area contributed by atoms with Crippen LogP contribution in [0.5, 0.6) is 0 Å². The summed E-state index contributed by atoms with van der Waals surface area (Å²) in [6, 6.07) is 4.41. The first kappa shape index (κ1) is 20.9. The molecule has 2 aliphatic heterocycles. The lowest BCUT2D eigenvalue weighted by molar-refractivity contribution is -0.133. The summed E-state index contributed by atoms with van der Waals surface area (Å²) < 4.78 is 27.1. The van der Waals surface area contributed by atoms with Gasteiger partial charge in [-0.1, -0.05) is 30.1 Å². The molecule has 2 heterocycles. The van der Waals surface area contributed by atoms with Crippen LogP contribution in [0.3, 0.4) is 0 Å². The predicted molar refractivity (Wildman–Crippen MR) is 107 cm³/mol. The average Bonchev–Trinajstić information content (AvgIpc) is 2.65. The van der Waals surface area contributed by atoms with Crippen LogP contribution in [0.4, 0.5) is 0 Å². The van der Waals surface area contributed by atoms with Gasteiger partial charge < -0.3 is 4.90 Å². The second-order valence-corrected chi connectivity index (χ2v) is 10.1. The lowest BCUT2D eigenvalue weighted by Gasteiger charge is -2.36. The van der Waals surface area contributed by atoms with E-state index in [1.165, 1.54) is 16.4 Å². The first-order valence-corrected chi connectivity index (χ1v) is 11.4. The number of hydrogen-bond acceptors (Lipinski definition) is 4. The van der Waals surface area contributed by atoms with Gasteiger partial charge in [0.05, 0.1) is 11.6 Å². The molecule has 2 aliphatic rings. The molecule has 3 rings (SSSR count). The Kier molecular flexibility index (Phi) is 6.69. The Balaban J connectivity index is 1.58. The van der Waals surface area contributed by atoms with Crippen LogP contribution in [0, 0.1) is 5.92 Å². The molecule has 1 amide bonds. The number of piperidine rings is 1. The minimum atomic E-state index is -3.73. The zero-order chi connectivity index (χ0) is 19.6. The van der Waals surface area contributed by atoms with Crippen molar-refractivity contribution in [1.29, 1.82) is 0 Å². The van der Waals surface area contributed by atoms with Gasteiger partial charge in [-0.15, -0.1) is 0 Å². The number of sulfonamides is 1. The fourth-order valence-electron chi connectivity index (χ4n) is 3.50. The number of hydrogen-bond donors (Lipinski definition) is 0. The van der Waals surface area contributed by atoms with Crippen molar-refractivity contribution in [2.75, 3.05) is 45.8 Å². The third kappa shape index (κ3) is 4.95. The Labute approximate surface area is 171 Å². The summed E-state index contributed by atoms with van der Waals surface area (Å²) >= 11 is 12.0. The van der Waals surface area contributed by atoms with E-state index in [-0.39, 0.29) is 28.9 Å². The fourth-order valence-corrected chi connectivity index (χ4v) is 5.66. The number of rotatable bonds is 4. The van der Waals surface area contributed by atoms with Crippen LogP contribution in [0.15, 0.2) is 23.1 Å². The third-order valence-corrected chi connectivity index (χ3v) is 7.95. The van der Waals surface area contributed by atoms with Gasteiger partial charge in [0.2, 0.25) is 15.9 Å². The van der Waals surface area contributed by atoms with E-state index in [0.29, 0.717) is 24.7 Å². The topological polar surface area (TPSA) is 60.9 Å². The summed E-state index contributed by atoms with van der Waals surface area (Å²) in [4.78, 5) is 16.5. The molecule has 0 N–H and O–H groups in total. The highest BCUT2D eigenvalue weighted by Crippen LogP contribution is 2.28. The lowest BCUT2D eigenvalue weighted by atomic mass is 9.99. The number of halogens is 2. The lowest BCUT2D eigenvalue weighted by Crippen LogP contribution is -2.53. The van der Waals surface area contributed by atoms with Gasteiger partial charge in [0.25, 0.3) is 0 Å². The molecule has 150 valence electrons. The summed E-state index contributed by atoms with van der Waals surface area (Å²) in [7, 11) is -3.73. The molecule has 1 aromatic carbocycles. The summed E-state index contributed by atoms with van der Waals surface area (Å²) in [5.41, 5.74) is 0. The molecule has 0 aliphatic carbocycles. The molecule has 0 spiro atoms. The van der Waals surface area contributed by atoms with Gasteiger partial charge in [-0.05, 0) is 50.0 Å². The quantitative estimate of drug-likeness (QED) is 0.731. The van der Waals surface area contributed by atoms with Crippen molar-refractivity contribution in [3.05, 3.63) is 28.2 Å². The van der Waals surface area contributed by atoms with Crippen LogP contribution in [0.2, 0.25) is 10.0 Å². The zero-order valence-corrected chi connectivity index (χ0v) is 17.7. The van der Waals surface area contributed by atoms with E-state index in [9.17, 15) is 13.2 Å². The van der Waals surface area contributed by atoms with Gasteiger partial charge in [0, 0.05) is 31.2 Å². The summed E-state index contributed by atoms with van der Waals surface area (Å²) in [6.45, 7) is 5.86. The van der Waals surface area contributed by atoms with Crippen molar-refractivity contribution in [2.45, 2.75) is 24.7 Å². The molecule has 27 heavy (non-hydrogen) atoms. The number of likely N-dealkylation sites (tertiary alicyclic amines) is 1. The number of carbonyl (C=O) groups is 1. The van der Waals surface area contributed by atoms with Crippen LogP contribution < -0.4 is 0 Å². The van der Waals surface area contributed by atoms with Crippen molar-refractivity contribution in [1.82, 2.24) is 14.1 Å². The number of piperazine rings is 1. The second kappa shape index (κ2) is 8.66. The fraction of sp³-hybridized carbons (Fsp3) is 0.611. The van der Waals surface area contributed by atoms with Crippen molar-refractivity contribution in [2.24, 2.45) is 5.92 Å². The van der Waals surface area contributed by atoms with Crippen molar-refractivity contribution >= 4 is 39.1 Å². The van der Waals surface area contributed by atoms with E-state index in [1.807, 2.05) is 0 Å². The molecular weight excluding hydrogens is 409 g/mol. The van der Waals surface area contributed by atoms with Crippen molar-refractivity contribution < 1.29 is 13.2 Å². The maximum absolute atomic E-state index is 12.9. The highest BCUT2D eigenvalue weighted by atomic mass is 35.5. The molecule has 1 aromatic rings. The highest BCUT2D eigenvalue weighted by molar-refractivity contribution is 7.89. The standard InChI is InChI=1S/C18H25Cl2N3O3S/c1-14-4-6-21(7-5-14)13-18(24)22-8-10-23(11-9-22)27(25,26)17-12-15(19)2-3-16(17)20/h2-3,12,14H,4-11,13H2,1H3. The van der Waals surface area contributed by atoms with Crippen LogP contribution in [0.1, 0.15) is 19.8 Å². The summed E-state index contributed by atoms with van der Waals surface area (Å²) in [5.74, 6) is 0.797. The van der Waals surface area contributed by atoms with E-state index in [1.54, 1.807) is 11.0 Å². The minimum Gasteiger partial charge on any atom is -0.339 e. The van der Waals surface area contributed by atoms with Crippen LogP contribution in [0.25, 0.3) is 0 Å². The normalized spacial score (nSPS) is 20.8. The molecule has 2 fully saturated rings. The molecule has 0 atom stereocenters. The van der Waals surface area contributed by atoms with Gasteiger partial charge in [0.1, 0.15) is 4.90 Å². The highest BCUT2D eigenvalue weighted by Gasteiger charge is 2.32. The van der Waals surface area contributed by atoms with Gasteiger partial charge in [0.15, 0.2) is 0 Å². The smallest absolute Gasteiger partial charge is 0.244 e. The predicted octanol–water partition coefficient (Wildman–Crippen LogP) is 2.56. The van der Waals surface area contributed by atoms with Gasteiger partial charge in [-0.3, -0.25) is 9.69 Å². The number of carbonyl (C=O) groups excluding carboxylic acids is 1. The molecule has 2 saturated heterocycles. The Morgan fingerprint density at radius 3 is 2.33 bits per heavy atom. The molecule has 0 unspecified atom stereocenters. The van der Waals surface area contributed by atoms with E-state index in [0.717, 1.165) is 31.8 Å². The summed E-state index contributed by atoms with van der Waals surface area (Å²) in [6.07, 6.45) is 2.25. The molecule has 0 aromatic heterocycles. The van der Waals surface area contributed by atoms with Crippen LogP contribution in [-0.2, 0) is 14.8 Å². The summed E-state index contributed by atoms with van der Waals surface area (Å²) in [5, 5.41) is 0.472. The average molecular weight is 434 g/mol. The Bertz CT molecular complexity index is 787. The second-order valence-electron chi connectivity index (χ2n) is 7.32. The molecule has 0 radical (unpaired) electrons. The van der Waals surface area contributed by atoms with E-state index >= 15 is 0 Å². The first-order valence-electron chi connectivity index (χ1n) is 9.22. The number of benzene rings is 1. The Morgan fingerprint density at radius 1 is 1.07 bits per heavy atom. The SMILES string of the molecule is CC1CCN(CC(=O)N2CCN(S(=O)(=O)c3cc(Cl)ccc3Cl)CC2)CC1. The molecule has 0 saturated carbocycles. The molecule has 6 nitrogen and oxygen atoms in total. The van der Waals surface area contributed by atoms with Crippen molar-refractivity contribution in [3.8, 4) is 0 Å². The van der Waals surface area contributed by atoms with Gasteiger partial charge in [-0.25, -0.2) is 8.42 Å². The number of amides is 1. The van der Waals surface area contributed by atoms with Crippen LogP contribution >= 0.6 is 23.2 Å². The zero-order valence-electron chi connectivity index (χ0n) is 15.4. The minimum absolute atomic E-state index is 0.0129. The molecule has 0 bridgehead atoms. The third-order valence-electron chi connectivity index (χ3n) is 5.34. The monoisotopic (exact) mass is 433 g/mol. The van der Waals surface area contributed by atoms with Gasteiger partial charge >= 0.3 is 0 Å².